The highest BCUT2D eigenvalue weighted by Gasteiger charge is 2.22. The molecule has 1 aliphatic carbocycles. The van der Waals surface area contributed by atoms with E-state index in [0.29, 0.717) is 11.4 Å². The summed E-state index contributed by atoms with van der Waals surface area (Å²) in [5.41, 5.74) is 2.96. The number of ketones is 1. The summed E-state index contributed by atoms with van der Waals surface area (Å²) in [6, 6.07) is 3.82. The van der Waals surface area contributed by atoms with Crippen molar-refractivity contribution < 1.29 is 4.79 Å². The second-order valence-corrected chi connectivity index (χ2v) is 3.54. The molecule has 1 aromatic carbocycles. The van der Waals surface area contributed by atoms with E-state index in [1.807, 2.05) is 19.1 Å². The lowest BCUT2D eigenvalue weighted by molar-refractivity contribution is 0.0994. The molecule has 1 nitrogen and oxygen atoms in total. The summed E-state index contributed by atoms with van der Waals surface area (Å²) in [6.07, 6.45) is 1.53. The SMILES string of the molecule is Cc1c(Cl)ccc2c1C(=O)CC2.Cl. The second-order valence-electron chi connectivity index (χ2n) is 3.13. The molecule has 0 radical (unpaired) electrons. The standard InChI is InChI=1S/C10H9ClO.ClH/c1-6-8(11)4-2-7-3-5-9(12)10(6)7;/h2,4H,3,5H2,1H3;1H. The highest BCUT2D eigenvalue weighted by molar-refractivity contribution is 6.32. The van der Waals surface area contributed by atoms with Gasteiger partial charge in [-0.3, -0.25) is 4.79 Å². The molecular formula is C10H10Cl2O. The Hall–Kier alpha value is -0.530. The molecule has 0 saturated heterocycles. The van der Waals surface area contributed by atoms with Crippen LogP contribution in [0.4, 0.5) is 0 Å². The lowest BCUT2D eigenvalue weighted by Crippen LogP contribution is -1.95. The van der Waals surface area contributed by atoms with E-state index in [1.165, 1.54) is 0 Å². The molecule has 70 valence electrons. The Morgan fingerprint density at radius 3 is 2.69 bits per heavy atom. The molecule has 0 spiro atoms. The number of hydrogen-bond acceptors (Lipinski definition) is 1. The fourth-order valence-electron chi connectivity index (χ4n) is 1.71. The van der Waals surface area contributed by atoms with E-state index >= 15 is 0 Å². The van der Waals surface area contributed by atoms with Gasteiger partial charge in [0.15, 0.2) is 5.78 Å². The number of aryl methyl sites for hydroxylation is 1. The van der Waals surface area contributed by atoms with E-state index in [9.17, 15) is 4.79 Å². The van der Waals surface area contributed by atoms with E-state index in [1.54, 1.807) is 0 Å². The van der Waals surface area contributed by atoms with Crippen LogP contribution in [0.1, 0.15) is 27.9 Å². The van der Waals surface area contributed by atoms with Crippen molar-refractivity contribution >= 4 is 29.8 Å². The van der Waals surface area contributed by atoms with Crippen molar-refractivity contribution in [1.29, 1.82) is 0 Å². The average molecular weight is 217 g/mol. The number of hydrogen-bond donors (Lipinski definition) is 0. The zero-order valence-electron chi connectivity index (χ0n) is 7.26. The first-order valence-corrected chi connectivity index (χ1v) is 4.39. The summed E-state index contributed by atoms with van der Waals surface area (Å²) in [7, 11) is 0. The van der Waals surface area contributed by atoms with Crippen molar-refractivity contribution in [2.24, 2.45) is 0 Å². The molecule has 3 heteroatoms. The number of carbonyl (C=O) groups is 1. The van der Waals surface area contributed by atoms with Gasteiger partial charge in [0.05, 0.1) is 0 Å². The van der Waals surface area contributed by atoms with Crippen molar-refractivity contribution in [2.75, 3.05) is 0 Å². The maximum Gasteiger partial charge on any atom is 0.163 e. The van der Waals surface area contributed by atoms with Gasteiger partial charge in [-0.15, -0.1) is 12.4 Å². The predicted molar refractivity (Wildman–Crippen MR) is 56.1 cm³/mol. The number of benzene rings is 1. The van der Waals surface area contributed by atoms with Gasteiger partial charge in [-0.2, -0.15) is 0 Å². The molecule has 0 amide bonds. The van der Waals surface area contributed by atoms with Crippen LogP contribution in [0.2, 0.25) is 5.02 Å². The van der Waals surface area contributed by atoms with Crippen LogP contribution >= 0.6 is 24.0 Å². The van der Waals surface area contributed by atoms with E-state index in [2.05, 4.69) is 0 Å². The minimum atomic E-state index is 0. The fraction of sp³-hybridized carbons (Fsp3) is 0.300. The second kappa shape index (κ2) is 3.69. The van der Waals surface area contributed by atoms with Crippen LogP contribution < -0.4 is 0 Å². The van der Waals surface area contributed by atoms with E-state index in [0.717, 1.165) is 23.1 Å². The maximum atomic E-state index is 11.4. The number of Topliss-reactive ketones (excluding diaryl/α,β-unsaturated/α-hetero) is 1. The van der Waals surface area contributed by atoms with Crippen molar-refractivity contribution in [1.82, 2.24) is 0 Å². The summed E-state index contributed by atoms with van der Waals surface area (Å²) in [6.45, 7) is 1.91. The van der Waals surface area contributed by atoms with E-state index < -0.39 is 0 Å². The Kier molecular flexibility index (Phi) is 2.99. The molecule has 2 rings (SSSR count). The van der Waals surface area contributed by atoms with Gasteiger partial charge in [-0.05, 0) is 30.5 Å². The van der Waals surface area contributed by atoms with Gasteiger partial charge in [0, 0.05) is 17.0 Å². The smallest absolute Gasteiger partial charge is 0.163 e. The normalized spacial score (nSPS) is 13.8. The van der Waals surface area contributed by atoms with Crippen molar-refractivity contribution in [3.63, 3.8) is 0 Å². The van der Waals surface area contributed by atoms with Gasteiger partial charge in [0.2, 0.25) is 0 Å². The fourth-order valence-corrected chi connectivity index (χ4v) is 1.87. The Morgan fingerprint density at radius 1 is 1.31 bits per heavy atom. The molecule has 0 N–H and O–H groups in total. The summed E-state index contributed by atoms with van der Waals surface area (Å²) >= 11 is 5.91. The summed E-state index contributed by atoms with van der Waals surface area (Å²) in [4.78, 5) is 11.4. The van der Waals surface area contributed by atoms with Gasteiger partial charge < -0.3 is 0 Å². The zero-order chi connectivity index (χ0) is 8.72. The van der Waals surface area contributed by atoms with E-state index in [4.69, 9.17) is 11.6 Å². The number of halogens is 2. The highest BCUT2D eigenvalue weighted by Crippen LogP contribution is 2.29. The van der Waals surface area contributed by atoms with Crippen LogP contribution in [-0.4, -0.2) is 5.78 Å². The number of fused-ring (bicyclic) bond motifs is 1. The molecule has 0 aromatic heterocycles. The molecular weight excluding hydrogens is 207 g/mol. The first-order valence-electron chi connectivity index (χ1n) is 4.01. The molecule has 0 unspecified atom stereocenters. The van der Waals surface area contributed by atoms with Gasteiger partial charge in [0.1, 0.15) is 0 Å². The topological polar surface area (TPSA) is 17.1 Å². The van der Waals surface area contributed by atoms with Crippen molar-refractivity contribution in [3.05, 3.63) is 33.8 Å². The maximum absolute atomic E-state index is 11.4. The first kappa shape index (κ1) is 10.6. The van der Waals surface area contributed by atoms with Gasteiger partial charge in [0.25, 0.3) is 0 Å². The molecule has 1 aromatic rings. The molecule has 1 aliphatic rings. The van der Waals surface area contributed by atoms with Crippen LogP contribution in [0.3, 0.4) is 0 Å². The quantitative estimate of drug-likeness (QED) is 0.652. The molecule has 0 aliphatic heterocycles. The molecule has 0 fully saturated rings. The third-order valence-corrected chi connectivity index (χ3v) is 2.79. The van der Waals surface area contributed by atoms with Crippen LogP contribution in [0, 0.1) is 6.92 Å². The molecule has 0 heterocycles. The number of carbonyl (C=O) groups excluding carboxylic acids is 1. The molecule has 0 atom stereocenters. The van der Waals surface area contributed by atoms with Crippen molar-refractivity contribution in [2.45, 2.75) is 19.8 Å². The van der Waals surface area contributed by atoms with Crippen LogP contribution in [-0.2, 0) is 6.42 Å². The molecule has 13 heavy (non-hydrogen) atoms. The lowest BCUT2D eigenvalue weighted by Gasteiger charge is -2.03. The van der Waals surface area contributed by atoms with Gasteiger partial charge >= 0.3 is 0 Å². The Balaban J connectivity index is 0.000000845. The van der Waals surface area contributed by atoms with Crippen LogP contribution in [0.15, 0.2) is 12.1 Å². The summed E-state index contributed by atoms with van der Waals surface area (Å²) in [5.74, 6) is 0.241. The summed E-state index contributed by atoms with van der Waals surface area (Å²) in [5, 5.41) is 0.698. The first-order chi connectivity index (χ1) is 5.70. The molecule has 0 saturated carbocycles. The third kappa shape index (κ3) is 1.59. The Labute approximate surface area is 88.5 Å². The highest BCUT2D eigenvalue weighted by atomic mass is 35.5. The average Bonchev–Trinajstić information content (AvgIpc) is 2.41. The third-order valence-electron chi connectivity index (χ3n) is 2.39. The zero-order valence-corrected chi connectivity index (χ0v) is 8.84. The minimum Gasteiger partial charge on any atom is -0.294 e. The predicted octanol–water partition coefficient (Wildman–Crippen LogP) is 3.20. The van der Waals surface area contributed by atoms with Crippen LogP contribution in [0.5, 0.6) is 0 Å². The Bertz CT molecular complexity index is 358. The number of rotatable bonds is 0. The minimum absolute atomic E-state index is 0. The van der Waals surface area contributed by atoms with Gasteiger partial charge in [-0.25, -0.2) is 0 Å². The largest absolute Gasteiger partial charge is 0.294 e. The lowest BCUT2D eigenvalue weighted by atomic mass is 10.0. The summed E-state index contributed by atoms with van der Waals surface area (Å²) < 4.78 is 0. The van der Waals surface area contributed by atoms with Gasteiger partial charge in [-0.1, -0.05) is 17.7 Å². The van der Waals surface area contributed by atoms with E-state index in [-0.39, 0.29) is 18.2 Å². The Morgan fingerprint density at radius 2 is 2.00 bits per heavy atom. The van der Waals surface area contributed by atoms with Crippen LogP contribution in [0.25, 0.3) is 0 Å². The van der Waals surface area contributed by atoms with Crippen molar-refractivity contribution in [3.8, 4) is 0 Å². The monoisotopic (exact) mass is 216 g/mol. The molecule has 0 bridgehead atoms.